The predicted molar refractivity (Wildman–Crippen MR) is 101 cm³/mol. The summed E-state index contributed by atoms with van der Waals surface area (Å²) in [6.07, 6.45) is -3.19. The third-order valence-corrected chi connectivity index (χ3v) is 3.90. The number of aliphatic hydroxyl groups excluding tert-OH is 2. The van der Waals surface area contributed by atoms with Crippen LogP contribution in [0.1, 0.15) is 26.2 Å². The molecule has 0 spiro atoms. The molecule has 11 N–H and O–H groups in total. The zero-order chi connectivity index (χ0) is 24.3. The Bertz CT molecular complexity index is 698. The van der Waals surface area contributed by atoms with E-state index in [1.54, 1.807) is 0 Å². The monoisotopic (exact) mass is 449 g/mol. The van der Waals surface area contributed by atoms with Gasteiger partial charge in [0.2, 0.25) is 23.6 Å². The first-order valence-corrected chi connectivity index (χ1v) is 8.98. The number of hydrogen-bond acceptors (Lipinski definition) is 9. The molecule has 176 valence electrons. The van der Waals surface area contributed by atoms with Gasteiger partial charge in [-0.25, -0.2) is 4.79 Å². The number of rotatable bonds is 14. The number of carboxylic acids is 2. The van der Waals surface area contributed by atoms with Gasteiger partial charge in [-0.3, -0.25) is 24.0 Å². The summed E-state index contributed by atoms with van der Waals surface area (Å²) in [6, 6.07) is -6.46. The highest BCUT2D eigenvalue weighted by Gasteiger charge is 2.33. The normalized spacial score (nSPS) is 15.5. The van der Waals surface area contributed by atoms with Gasteiger partial charge in [0.05, 0.1) is 19.1 Å². The zero-order valence-corrected chi connectivity index (χ0v) is 16.6. The van der Waals surface area contributed by atoms with Crippen LogP contribution >= 0.6 is 0 Å². The lowest BCUT2D eigenvalue weighted by atomic mass is 10.1. The van der Waals surface area contributed by atoms with E-state index in [1.807, 2.05) is 16.0 Å². The highest BCUT2D eigenvalue weighted by atomic mass is 16.4. The number of primary amides is 1. The van der Waals surface area contributed by atoms with Crippen LogP contribution < -0.4 is 27.4 Å². The van der Waals surface area contributed by atoms with Gasteiger partial charge in [0.25, 0.3) is 0 Å². The highest BCUT2D eigenvalue weighted by molar-refractivity contribution is 5.95. The molecule has 0 aliphatic heterocycles. The molecule has 15 nitrogen and oxygen atoms in total. The van der Waals surface area contributed by atoms with Crippen molar-refractivity contribution in [1.29, 1.82) is 0 Å². The van der Waals surface area contributed by atoms with Gasteiger partial charge in [-0.1, -0.05) is 0 Å². The van der Waals surface area contributed by atoms with Crippen LogP contribution in [-0.4, -0.2) is 92.9 Å². The molecule has 31 heavy (non-hydrogen) atoms. The van der Waals surface area contributed by atoms with Gasteiger partial charge in [0.15, 0.2) is 0 Å². The van der Waals surface area contributed by atoms with Crippen molar-refractivity contribution in [2.45, 2.75) is 56.5 Å². The van der Waals surface area contributed by atoms with Crippen molar-refractivity contribution in [3.63, 3.8) is 0 Å². The van der Waals surface area contributed by atoms with Crippen molar-refractivity contribution in [1.82, 2.24) is 16.0 Å². The number of carbonyl (C=O) groups excluding carboxylic acids is 4. The topological polar surface area (TPSA) is 271 Å². The number of amides is 4. The van der Waals surface area contributed by atoms with E-state index in [0.717, 1.165) is 6.92 Å². The molecule has 0 rings (SSSR count). The van der Waals surface area contributed by atoms with Crippen molar-refractivity contribution in [2.75, 3.05) is 6.61 Å². The summed E-state index contributed by atoms with van der Waals surface area (Å²) in [7, 11) is 0. The molecule has 0 aliphatic carbocycles. The lowest BCUT2D eigenvalue weighted by Crippen LogP contribution is -2.60. The number of nitrogens with two attached hydrogens (primary N) is 2. The fourth-order valence-electron chi connectivity index (χ4n) is 2.21. The molecule has 0 saturated carbocycles. The van der Waals surface area contributed by atoms with Crippen molar-refractivity contribution in [3.05, 3.63) is 0 Å². The molecule has 0 heterocycles. The molecule has 4 amide bonds. The fourth-order valence-corrected chi connectivity index (χ4v) is 2.21. The second kappa shape index (κ2) is 13.1. The van der Waals surface area contributed by atoms with Gasteiger partial charge in [-0.2, -0.15) is 0 Å². The molecular formula is C16H27N5O10. The molecule has 0 saturated heterocycles. The van der Waals surface area contributed by atoms with Crippen LogP contribution in [0.3, 0.4) is 0 Å². The van der Waals surface area contributed by atoms with E-state index in [9.17, 15) is 33.9 Å². The molecule has 0 bridgehead atoms. The van der Waals surface area contributed by atoms with Crippen LogP contribution in [-0.2, 0) is 28.8 Å². The van der Waals surface area contributed by atoms with Gasteiger partial charge in [0, 0.05) is 6.42 Å². The summed E-state index contributed by atoms with van der Waals surface area (Å²) in [5, 5.41) is 42.8. The first kappa shape index (κ1) is 27.7. The van der Waals surface area contributed by atoms with Crippen LogP contribution in [0.15, 0.2) is 0 Å². The summed E-state index contributed by atoms with van der Waals surface area (Å²) in [5.41, 5.74) is 10.2. The van der Waals surface area contributed by atoms with E-state index < -0.39 is 78.9 Å². The quantitative estimate of drug-likeness (QED) is 0.121. The third kappa shape index (κ3) is 10.3. The first-order chi connectivity index (χ1) is 14.3. The first-order valence-electron chi connectivity index (χ1n) is 8.98. The summed E-state index contributed by atoms with van der Waals surface area (Å²) >= 11 is 0. The molecular weight excluding hydrogens is 422 g/mol. The Hall–Kier alpha value is -3.30. The Morgan fingerprint density at radius 2 is 1.45 bits per heavy atom. The van der Waals surface area contributed by atoms with Crippen LogP contribution in [0.2, 0.25) is 0 Å². The van der Waals surface area contributed by atoms with Crippen molar-refractivity contribution in [3.8, 4) is 0 Å². The average molecular weight is 449 g/mol. The standard InChI is InChI=1S/C16H27N5O10/c1-6(23)12(15(29)19-8(16(30)31)2-3-10(18)24)21-14(28)9(4-11(25)26)20-13(27)7(17)5-22/h6-9,12,22-23H,2-5,17H2,1H3,(H2,18,24)(H,19,29)(H,20,27)(H,21,28)(H,25,26)(H,30,31)/t6-,7+,8+,9+,12+/m1/s1. The lowest BCUT2D eigenvalue weighted by molar-refractivity contribution is -0.144. The van der Waals surface area contributed by atoms with Crippen molar-refractivity contribution >= 4 is 35.6 Å². The third-order valence-electron chi connectivity index (χ3n) is 3.90. The minimum atomic E-state index is -1.73. The molecule has 0 unspecified atom stereocenters. The van der Waals surface area contributed by atoms with Gasteiger partial charge < -0.3 is 47.8 Å². The summed E-state index contributed by atoms with van der Waals surface area (Å²) < 4.78 is 0. The maximum absolute atomic E-state index is 12.4. The van der Waals surface area contributed by atoms with E-state index in [4.69, 9.17) is 26.8 Å². The molecule has 0 aromatic carbocycles. The molecule has 5 atom stereocenters. The van der Waals surface area contributed by atoms with Crippen molar-refractivity contribution in [2.24, 2.45) is 11.5 Å². The average Bonchev–Trinajstić information content (AvgIpc) is 2.66. The minimum Gasteiger partial charge on any atom is -0.481 e. The Morgan fingerprint density at radius 3 is 1.87 bits per heavy atom. The van der Waals surface area contributed by atoms with Gasteiger partial charge in [-0.15, -0.1) is 0 Å². The Morgan fingerprint density at radius 1 is 0.903 bits per heavy atom. The Balaban J connectivity index is 5.40. The second-order valence-corrected chi connectivity index (χ2v) is 6.58. The largest absolute Gasteiger partial charge is 0.481 e. The second-order valence-electron chi connectivity index (χ2n) is 6.58. The maximum atomic E-state index is 12.4. The molecule has 0 aromatic rings. The molecule has 0 aromatic heterocycles. The number of nitrogens with one attached hydrogen (secondary N) is 3. The van der Waals surface area contributed by atoms with Crippen LogP contribution in [0.4, 0.5) is 0 Å². The van der Waals surface area contributed by atoms with E-state index in [2.05, 4.69) is 0 Å². The van der Waals surface area contributed by atoms with Gasteiger partial charge >= 0.3 is 11.9 Å². The SMILES string of the molecule is C[C@@H](O)[C@H](NC(=O)[C@H](CC(=O)O)NC(=O)[C@@H](N)CO)C(=O)N[C@@H](CCC(N)=O)C(=O)O. The van der Waals surface area contributed by atoms with E-state index >= 15 is 0 Å². The maximum Gasteiger partial charge on any atom is 0.326 e. The number of hydrogen-bond donors (Lipinski definition) is 9. The highest BCUT2D eigenvalue weighted by Crippen LogP contribution is 2.03. The lowest BCUT2D eigenvalue weighted by Gasteiger charge is -2.26. The summed E-state index contributed by atoms with van der Waals surface area (Å²) in [6.45, 7) is 0.310. The number of aliphatic carboxylic acids is 2. The molecule has 0 radical (unpaired) electrons. The van der Waals surface area contributed by atoms with E-state index in [-0.39, 0.29) is 12.8 Å². The predicted octanol–water partition coefficient (Wildman–Crippen LogP) is -5.03. The van der Waals surface area contributed by atoms with E-state index in [1.165, 1.54) is 0 Å². The van der Waals surface area contributed by atoms with E-state index in [0.29, 0.717) is 0 Å². The fraction of sp³-hybridized carbons (Fsp3) is 0.625. The number of carboxylic acid groups (broad SMARTS) is 2. The van der Waals surface area contributed by atoms with Gasteiger partial charge in [-0.05, 0) is 13.3 Å². The molecule has 15 heteroatoms. The molecule has 0 fully saturated rings. The smallest absolute Gasteiger partial charge is 0.326 e. The summed E-state index contributed by atoms with van der Waals surface area (Å²) in [4.78, 5) is 69.6. The van der Waals surface area contributed by atoms with Crippen molar-refractivity contribution < 1.29 is 49.2 Å². The van der Waals surface area contributed by atoms with Gasteiger partial charge in [0.1, 0.15) is 24.2 Å². The number of aliphatic hydroxyl groups is 2. The number of carbonyl (C=O) groups is 6. The summed E-state index contributed by atoms with van der Waals surface area (Å²) in [5.74, 6) is -7.18. The van der Waals surface area contributed by atoms with Crippen LogP contribution in [0.5, 0.6) is 0 Å². The Kier molecular flexibility index (Phi) is 11.7. The zero-order valence-electron chi connectivity index (χ0n) is 16.6. The minimum absolute atomic E-state index is 0.354. The van der Waals surface area contributed by atoms with Crippen LogP contribution in [0, 0.1) is 0 Å². The molecule has 0 aliphatic rings. The Labute approximate surface area is 176 Å². The van der Waals surface area contributed by atoms with Crippen LogP contribution in [0.25, 0.3) is 0 Å².